The quantitative estimate of drug-likeness (QED) is 0.844. The Balaban J connectivity index is 2.09. The first-order chi connectivity index (χ1) is 10.5. The van der Waals surface area contributed by atoms with Crippen LogP contribution in [-0.4, -0.2) is 37.6 Å². The zero-order valence-corrected chi connectivity index (χ0v) is 15.0. The highest BCUT2D eigenvalue weighted by molar-refractivity contribution is 9.10. The molecule has 0 fully saturated rings. The van der Waals surface area contributed by atoms with Crippen LogP contribution < -0.4 is 10.1 Å². The first-order valence-corrected chi connectivity index (χ1v) is 7.98. The van der Waals surface area contributed by atoms with Crippen LogP contribution in [-0.2, 0) is 0 Å². The number of pyridine rings is 1. The number of benzene rings is 1. The number of aryl methyl sites for hydroxylation is 1. The van der Waals surface area contributed by atoms with Gasteiger partial charge < -0.3 is 15.0 Å². The molecule has 22 heavy (non-hydrogen) atoms. The number of anilines is 1. The van der Waals surface area contributed by atoms with Crippen LogP contribution in [0.15, 0.2) is 40.9 Å². The van der Waals surface area contributed by atoms with Gasteiger partial charge in [0.2, 0.25) is 0 Å². The Labute approximate surface area is 140 Å². The van der Waals surface area contributed by atoms with Crippen LogP contribution >= 0.6 is 15.9 Å². The first kappa shape index (κ1) is 16.8. The smallest absolute Gasteiger partial charge is 0.126 e. The van der Waals surface area contributed by atoms with Gasteiger partial charge in [0.15, 0.2) is 0 Å². The Morgan fingerprint density at radius 1 is 1.18 bits per heavy atom. The minimum Gasteiger partial charge on any atom is -0.497 e. The number of aromatic nitrogens is 1. The van der Waals surface area contributed by atoms with E-state index in [2.05, 4.69) is 57.4 Å². The third kappa shape index (κ3) is 4.21. The van der Waals surface area contributed by atoms with E-state index in [4.69, 9.17) is 4.74 Å². The van der Waals surface area contributed by atoms with Crippen molar-refractivity contribution >= 4 is 21.7 Å². The van der Waals surface area contributed by atoms with Gasteiger partial charge in [-0.05, 0) is 66.8 Å². The van der Waals surface area contributed by atoms with E-state index in [1.165, 1.54) is 5.56 Å². The Morgan fingerprint density at radius 2 is 1.86 bits per heavy atom. The molecule has 0 saturated carbocycles. The molecule has 0 aliphatic carbocycles. The summed E-state index contributed by atoms with van der Waals surface area (Å²) < 4.78 is 6.24. The summed E-state index contributed by atoms with van der Waals surface area (Å²) in [7, 11) is 5.84. The van der Waals surface area contributed by atoms with Gasteiger partial charge in [-0.2, -0.15) is 0 Å². The maximum Gasteiger partial charge on any atom is 0.126 e. The number of hydrogen-bond donors (Lipinski definition) is 1. The maximum atomic E-state index is 5.22. The van der Waals surface area contributed by atoms with Crippen molar-refractivity contribution in [3.05, 3.63) is 52.1 Å². The van der Waals surface area contributed by atoms with E-state index < -0.39 is 0 Å². The summed E-state index contributed by atoms with van der Waals surface area (Å²) >= 11 is 3.47. The van der Waals surface area contributed by atoms with E-state index in [1.54, 1.807) is 7.11 Å². The lowest BCUT2D eigenvalue weighted by molar-refractivity contribution is 0.311. The van der Waals surface area contributed by atoms with Gasteiger partial charge in [-0.1, -0.05) is 12.1 Å². The van der Waals surface area contributed by atoms with E-state index in [1.807, 2.05) is 31.2 Å². The van der Waals surface area contributed by atoms with Gasteiger partial charge in [0.25, 0.3) is 0 Å². The topological polar surface area (TPSA) is 37.4 Å². The van der Waals surface area contributed by atoms with Crippen molar-refractivity contribution in [3.8, 4) is 5.75 Å². The van der Waals surface area contributed by atoms with E-state index >= 15 is 0 Å². The zero-order valence-electron chi connectivity index (χ0n) is 13.4. The summed E-state index contributed by atoms with van der Waals surface area (Å²) in [6, 6.07) is 12.5. The molecule has 1 atom stereocenters. The Bertz CT molecular complexity index is 614. The monoisotopic (exact) mass is 363 g/mol. The lowest BCUT2D eigenvalue weighted by atomic mass is 10.1. The zero-order chi connectivity index (χ0) is 16.1. The van der Waals surface area contributed by atoms with Gasteiger partial charge in [0, 0.05) is 11.0 Å². The first-order valence-electron chi connectivity index (χ1n) is 7.18. The van der Waals surface area contributed by atoms with Crippen LogP contribution in [0.4, 0.5) is 5.82 Å². The van der Waals surface area contributed by atoms with Crippen molar-refractivity contribution in [2.75, 3.05) is 33.1 Å². The van der Waals surface area contributed by atoms with Crippen LogP contribution in [0.25, 0.3) is 0 Å². The van der Waals surface area contributed by atoms with E-state index in [0.717, 1.165) is 28.3 Å². The highest BCUT2D eigenvalue weighted by atomic mass is 79.9. The fraction of sp³-hybridized carbons (Fsp3) is 0.353. The molecule has 0 bridgehead atoms. The Morgan fingerprint density at radius 3 is 2.41 bits per heavy atom. The number of halogens is 1. The number of methoxy groups -OCH3 is 1. The van der Waals surface area contributed by atoms with Crippen molar-refractivity contribution in [2.24, 2.45) is 0 Å². The second-order valence-corrected chi connectivity index (χ2v) is 6.25. The van der Waals surface area contributed by atoms with Crippen molar-refractivity contribution in [1.29, 1.82) is 0 Å². The average molecular weight is 364 g/mol. The molecule has 0 unspecified atom stereocenters. The predicted molar refractivity (Wildman–Crippen MR) is 94.6 cm³/mol. The lowest BCUT2D eigenvalue weighted by Crippen LogP contribution is -2.27. The molecule has 2 aromatic rings. The summed E-state index contributed by atoms with van der Waals surface area (Å²) in [5.41, 5.74) is 2.22. The van der Waals surface area contributed by atoms with E-state index in [-0.39, 0.29) is 6.04 Å². The van der Waals surface area contributed by atoms with Gasteiger partial charge in [-0.15, -0.1) is 0 Å². The normalized spacial score (nSPS) is 12.3. The van der Waals surface area contributed by atoms with E-state index in [9.17, 15) is 0 Å². The van der Waals surface area contributed by atoms with Crippen LogP contribution in [0.5, 0.6) is 5.75 Å². The second kappa shape index (κ2) is 7.61. The second-order valence-electron chi connectivity index (χ2n) is 5.40. The van der Waals surface area contributed by atoms with Crippen molar-refractivity contribution < 1.29 is 4.74 Å². The van der Waals surface area contributed by atoms with Gasteiger partial charge >= 0.3 is 0 Å². The molecule has 0 aliphatic heterocycles. The van der Waals surface area contributed by atoms with Crippen LogP contribution in [0.3, 0.4) is 0 Å². The van der Waals surface area contributed by atoms with Gasteiger partial charge in [0.1, 0.15) is 11.6 Å². The molecule has 4 nitrogen and oxygen atoms in total. The number of rotatable bonds is 6. The Kier molecular flexibility index (Phi) is 5.80. The summed E-state index contributed by atoms with van der Waals surface area (Å²) in [4.78, 5) is 6.72. The van der Waals surface area contributed by atoms with Gasteiger partial charge in [0.05, 0.1) is 18.8 Å². The fourth-order valence-corrected chi connectivity index (χ4v) is 2.49. The molecule has 0 amide bonds. The Hall–Kier alpha value is -1.59. The van der Waals surface area contributed by atoms with Crippen molar-refractivity contribution in [1.82, 2.24) is 9.88 Å². The molecule has 1 aromatic heterocycles. The number of ether oxygens (including phenoxy) is 1. The minimum absolute atomic E-state index is 0.261. The number of likely N-dealkylation sites (N-methyl/N-ethyl adjacent to an activating group) is 1. The molecule has 118 valence electrons. The van der Waals surface area contributed by atoms with Crippen molar-refractivity contribution in [3.63, 3.8) is 0 Å². The third-order valence-electron chi connectivity index (χ3n) is 3.62. The van der Waals surface area contributed by atoms with Crippen molar-refractivity contribution in [2.45, 2.75) is 13.0 Å². The summed E-state index contributed by atoms with van der Waals surface area (Å²) in [5.74, 6) is 1.76. The molecule has 5 heteroatoms. The number of nitrogens with zero attached hydrogens (tertiary/aromatic N) is 2. The van der Waals surface area contributed by atoms with Crippen LogP contribution in [0, 0.1) is 6.92 Å². The molecule has 1 N–H and O–H groups in total. The summed E-state index contributed by atoms with van der Waals surface area (Å²) in [5, 5.41) is 3.42. The van der Waals surface area contributed by atoms with Gasteiger partial charge in [-0.3, -0.25) is 0 Å². The lowest BCUT2D eigenvalue weighted by Gasteiger charge is -2.25. The molecule has 0 radical (unpaired) electrons. The van der Waals surface area contributed by atoms with Gasteiger partial charge in [-0.25, -0.2) is 4.98 Å². The summed E-state index contributed by atoms with van der Waals surface area (Å²) in [6.45, 7) is 2.77. The summed E-state index contributed by atoms with van der Waals surface area (Å²) in [6.07, 6.45) is 0. The number of hydrogen-bond acceptors (Lipinski definition) is 4. The fourth-order valence-electron chi connectivity index (χ4n) is 2.27. The molecular formula is C17H22BrN3O. The molecule has 2 rings (SSSR count). The molecule has 1 heterocycles. The SMILES string of the molecule is COc1ccc([C@H](CNc2ccc(Br)c(C)n2)N(C)C)cc1. The number of nitrogens with one attached hydrogen (secondary N) is 1. The minimum atomic E-state index is 0.261. The highest BCUT2D eigenvalue weighted by Gasteiger charge is 2.14. The largest absolute Gasteiger partial charge is 0.497 e. The third-order valence-corrected chi connectivity index (χ3v) is 4.46. The molecule has 1 aromatic carbocycles. The molecule has 0 saturated heterocycles. The maximum absolute atomic E-state index is 5.22. The highest BCUT2D eigenvalue weighted by Crippen LogP contribution is 2.22. The van der Waals surface area contributed by atoms with Crippen LogP contribution in [0.2, 0.25) is 0 Å². The average Bonchev–Trinajstić information content (AvgIpc) is 2.51. The predicted octanol–water partition coefficient (Wildman–Crippen LogP) is 3.88. The van der Waals surface area contributed by atoms with Crippen LogP contribution in [0.1, 0.15) is 17.3 Å². The van der Waals surface area contributed by atoms with E-state index in [0.29, 0.717) is 0 Å². The molecule has 0 aliphatic rings. The molecule has 0 spiro atoms. The standard InChI is InChI=1S/C17H22BrN3O/c1-12-15(18)9-10-17(20-12)19-11-16(21(2)3)13-5-7-14(22-4)8-6-13/h5-10,16H,11H2,1-4H3,(H,19,20)/t16-/m0/s1. The molecular weight excluding hydrogens is 342 g/mol.